The average Bonchev–Trinajstić information content (AvgIpc) is 2.96. The maximum absolute atomic E-state index is 13.2. The summed E-state index contributed by atoms with van der Waals surface area (Å²) in [5.74, 6) is 0.379. The maximum atomic E-state index is 13.2. The first-order valence-electron chi connectivity index (χ1n) is 7.98. The number of hydrogen-bond donors (Lipinski definition) is 0. The van der Waals surface area contributed by atoms with E-state index in [0.717, 1.165) is 22.0 Å². The number of methoxy groups -OCH3 is 1. The SMILES string of the molecule is CCn1c2cc(OC)ccc2c2cnn(-c3ccc(F)cc3)c(=O)c21. The van der Waals surface area contributed by atoms with Crippen LogP contribution in [0.3, 0.4) is 0 Å². The first-order valence-corrected chi connectivity index (χ1v) is 7.98. The Hall–Kier alpha value is -3.15. The topological polar surface area (TPSA) is 49.0 Å². The molecular weight excluding hydrogens is 321 g/mol. The molecule has 0 bridgehead atoms. The van der Waals surface area contributed by atoms with Crippen molar-refractivity contribution in [3.63, 3.8) is 0 Å². The number of halogens is 1. The second kappa shape index (κ2) is 5.73. The number of benzene rings is 2. The fourth-order valence-electron chi connectivity index (χ4n) is 3.21. The second-order valence-corrected chi connectivity index (χ2v) is 5.73. The van der Waals surface area contributed by atoms with Gasteiger partial charge < -0.3 is 9.30 Å². The van der Waals surface area contributed by atoms with Crippen LogP contribution in [0.1, 0.15) is 6.92 Å². The van der Waals surface area contributed by atoms with E-state index in [4.69, 9.17) is 4.74 Å². The van der Waals surface area contributed by atoms with Crippen LogP contribution < -0.4 is 10.3 Å². The van der Waals surface area contributed by atoms with Crippen LogP contribution in [0.2, 0.25) is 0 Å². The molecule has 4 rings (SSSR count). The van der Waals surface area contributed by atoms with Gasteiger partial charge in [0.1, 0.15) is 17.1 Å². The zero-order valence-corrected chi connectivity index (χ0v) is 13.9. The van der Waals surface area contributed by atoms with Gasteiger partial charge in [-0.3, -0.25) is 4.79 Å². The number of hydrogen-bond acceptors (Lipinski definition) is 3. The highest BCUT2D eigenvalue weighted by molar-refractivity contribution is 6.07. The van der Waals surface area contributed by atoms with E-state index < -0.39 is 0 Å². The zero-order valence-electron chi connectivity index (χ0n) is 13.9. The summed E-state index contributed by atoms with van der Waals surface area (Å²) in [7, 11) is 1.61. The van der Waals surface area contributed by atoms with Gasteiger partial charge in [-0.25, -0.2) is 4.39 Å². The molecule has 0 fully saturated rings. The lowest BCUT2D eigenvalue weighted by Gasteiger charge is -2.07. The van der Waals surface area contributed by atoms with Gasteiger partial charge in [-0.15, -0.1) is 0 Å². The quantitative estimate of drug-likeness (QED) is 0.575. The van der Waals surface area contributed by atoms with Crippen molar-refractivity contribution in [1.82, 2.24) is 14.3 Å². The van der Waals surface area contributed by atoms with E-state index in [1.807, 2.05) is 29.7 Å². The Morgan fingerprint density at radius 1 is 1.12 bits per heavy atom. The average molecular weight is 337 g/mol. The fraction of sp³-hybridized carbons (Fsp3) is 0.158. The minimum atomic E-state index is -0.354. The molecule has 0 saturated carbocycles. The van der Waals surface area contributed by atoms with Crippen LogP contribution in [0.5, 0.6) is 5.75 Å². The highest BCUT2D eigenvalue weighted by Gasteiger charge is 2.16. The standard InChI is InChI=1S/C19H16FN3O2/c1-3-22-17-10-14(25-2)8-9-15(17)16-11-21-23(19(24)18(16)22)13-6-4-12(20)5-7-13/h4-11H,3H2,1-2H3. The van der Waals surface area contributed by atoms with Crippen LogP contribution in [0.15, 0.2) is 53.5 Å². The van der Waals surface area contributed by atoms with E-state index in [2.05, 4.69) is 5.10 Å². The Balaban J connectivity index is 2.08. The van der Waals surface area contributed by atoms with Crippen molar-refractivity contribution < 1.29 is 9.13 Å². The van der Waals surface area contributed by atoms with Crippen LogP contribution in [0.25, 0.3) is 27.5 Å². The van der Waals surface area contributed by atoms with Crippen LogP contribution >= 0.6 is 0 Å². The van der Waals surface area contributed by atoms with Crippen molar-refractivity contribution in [2.45, 2.75) is 13.5 Å². The first-order chi connectivity index (χ1) is 12.1. The third-order valence-corrected chi connectivity index (χ3v) is 4.40. The fourth-order valence-corrected chi connectivity index (χ4v) is 3.21. The van der Waals surface area contributed by atoms with E-state index >= 15 is 0 Å². The third kappa shape index (κ3) is 2.29. The Kier molecular flexibility index (Phi) is 3.53. The first kappa shape index (κ1) is 15.4. The normalized spacial score (nSPS) is 11.3. The number of rotatable bonds is 3. The zero-order chi connectivity index (χ0) is 17.6. The summed E-state index contributed by atoms with van der Waals surface area (Å²) in [5.41, 5.74) is 1.79. The van der Waals surface area contributed by atoms with E-state index in [1.54, 1.807) is 13.3 Å². The summed E-state index contributed by atoms with van der Waals surface area (Å²) in [4.78, 5) is 13.1. The third-order valence-electron chi connectivity index (χ3n) is 4.40. The maximum Gasteiger partial charge on any atom is 0.296 e. The monoisotopic (exact) mass is 337 g/mol. The lowest BCUT2D eigenvalue weighted by atomic mass is 10.2. The number of fused-ring (bicyclic) bond motifs is 3. The Labute approximate surface area is 142 Å². The van der Waals surface area contributed by atoms with Gasteiger partial charge in [0.25, 0.3) is 5.56 Å². The lowest BCUT2D eigenvalue weighted by Crippen LogP contribution is -2.22. The van der Waals surface area contributed by atoms with Gasteiger partial charge in [-0.05, 0) is 43.3 Å². The highest BCUT2D eigenvalue weighted by atomic mass is 19.1. The number of ether oxygens (including phenoxy) is 1. The van der Waals surface area contributed by atoms with Gasteiger partial charge >= 0.3 is 0 Å². The summed E-state index contributed by atoms with van der Waals surface area (Å²) in [5, 5.41) is 6.03. The molecule has 0 unspecified atom stereocenters. The van der Waals surface area contributed by atoms with Crippen molar-refractivity contribution in [3.8, 4) is 11.4 Å². The molecule has 2 aromatic carbocycles. The van der Waals surface area contributed by atoms with Crippen LogP contribution in [0.4, 0.5) is 4.39 Å². The molecule has 2 aromatic heterocycles. The molecule has 0 atom stereocenters. The molecule has 0 spiro atoms. The Morgan fingerprint density at radius 2 is 1.88 bits per heavy atom. The highest BCUT2D eigenvalue weighted by Crippen LogP contribution is 2.29. The predicted molar refractivity (Wildman–Crippen MR) is 95.0 cm³/mol. The minimum Gasteiger partial charge on any atom is -0.497 e. The summed E-state index contributed by atoms with van der Waals surface area (Å²) in [6, 6.07) is 11.4. The molecule has 4 aromatic rings. The number of nitrogens with zero attached hydrogens (tertiary/aromatic N) is 3. The summed E-state index contributed by atoms with van der Waals surface area (Å²) >= 11 is 0. The molecular formula is C19H16FN3O2. The van der Waals surface area contributed by atoms with Gasteiger partial charge in [-0.2, -0.15) is 9.78 Å². The van der Waals surface area contributed by atoms with E-state index in [-0.39, 0.29) is 11.4 Å². The van der Waals surface area contributed by atoms with Gasteiger partial charge in [-0.1, -0.05) is 0 Å². The molecule has 0 aliphatic heterocycles. The molecule has 0 aliphatic rings. The molecule has 0 aliphatic carbocycles. The van der Waals surface area contributed by atoms with Crippen molar-refractivity contribution >= 4 is 21.8 Å². The Morgan fingerprint density at radius 3 is 2.56 bits per heavy atom. The molecule has 126 valence electrons. The van der Waals surface area contributed by atoms with E-state index in [1.165, 1.54) is 28.9 Å². The van der Waals surface area contributed by atoms with Crippen LogP contribution in [-0.4, -0.2) is 21.5 Å². The van der Waals surface area contributed by atoms with Crippen molar-refractivity contribution in [3.05, 3.63) is 64.8 Å². The molecule has 2 heterocycles. The number of aromatic nitrogens is 3. The van der Waals surface area contributed by atoms with Gasteiger partial charge in [0.05, 0.1) is 24.5 Å². The van der Waals surface area contributed by atoms with E-state index in [0.29, 0.717) is 17.7 Å². The van der Waals surface area contributed by atoms with E-state index in [9.17, 15) is 9.18 Å². The van der Waals surface area contributed by atoms with Crippen molar-refractivity contribution in [1.29, 1.82) is 0 Å². The molecule has 25 heavy (non-hydrogen) atoms. The largest absolute Gasteiger partial charge is 0.497 e. The minimum absolute atomic E-state index is 0.235. The molecule has 5 nitrogen and oxygen atoms in total. The van der Waals surface area contributed by atoms with Crippen molar-refractivity contribution in [2.75, 3.05) is 7.11 Å². The van der Waals surface area contributed by atoms with Crippen LogP contribution in [0, 0.1) is 5.82 Å². The molecule has 0 N–H and O–H groups in total. The lowest BCUT2D eigenvalue weighted by molar-refractivity contribution is 0.415. The van der Waals surface area contributed by atoms with Gasteiger partial charge in [0, 0.05) is 23.4 Å². The smallest absolute Gasteiger partial charge is 0.296 e. The second-order valence-electron chi connectivity index (χ2n) is 5.73. The molecule has 0 radical (unpaired) electrons. The summed E-state index contributed by atoms with van der Waals surface area (Å²) in [6.45, 7) is 2.62. The van der Waals surface area contributed by atoms with Crippen LogP contribution in [-0.2, 0) is 6.54 Å². The Bertz CT molecular complexity index is 1140. The van der Waals surface area contributed by atoms with Crippen molar-refractivity contribution in [2.24, 2.45) is 0 Å². The van der Waals surface area contributed by atoms with Gasteiger partial charge in [0.15, 0.2) is 0 Å². The predicted octanol–water partition coefficient (Wildman–Crippen LogP) is 3.51. The molecule has 6 heteroatoms. The molecule has 0 saturated heterocycles. The summed E-state index contributed by atoms with van der Waals surface area (Å²) < 4.78 is 21.7. The summed E-state index contributed by atoms with van der Waals surface area (Å²) in [6.07, 6.45) is 1.68. The van der Waals surface area contributed by atoms with Gasteiger partial charge in [0.2, 0.25) is 0 Å². The molecule has 0 amide bonds. The number of aryl methyl sites for hydroxylation is 1.